The SMILES string of the molecule is C1=CC=Cc2c(c3cccc4c3n2CC=N4)C=C1.C1=Cc2cccc3c4ccccc4n(c23)C=C1. The Hall–Kier alpha value is -4.63. The average molecular weight is 450 g/mol. The van der Waals surface area contributed by atoms with Gasteiger partial charge in [0.15, 0.2) is 0 Å². The molecule has 35 heavy (non-hydrogen) atoms. The zero-order valence-corrected chi connectivity index (χ0v) is 19.2. The van der Waals surface area contributed by atoms with Crippen molar-refractivity contribution in [2.75, 3.05) is 0 Å². The molecular weight excluding hydrogens is 426 g/mol. The Morgan fingerprint density at radius 1 is 0.629 bits per heavy atom. The largest absolute Gasteiger partial charge is 0.333 e. The molecule has 0 bridgehead atoms. The number of nitrogens with zero attached hydrogens (tertiary/aromatic N) is 3. The summed E-state index contributed by atoms with van der Waals surface area (Å²) in [6.07, 6.45) is 23.1. The number of allylic oxidation sites excluding steroid dienone is 6. The summed E-state index contributed by atoms with van der Waals surface area (Å²) >= 11 is 0. The maximum absolute atomic E-state index is 4.49. The Labute approximate surface area is 203 Å². The van der Waals surface area contributed by atoms with Crippen LogP contribution in [0.4, 0.5) is 5.69 Å². The molecule has 5 aromatic rings. The topological polar surface area (TPSA) is 22.2 Å². The van der Waals surface area contributed by atoms with Crippen molar-refractivity contribution < 1.29 is 0 Å². The fourth-order valence-electron chi connectivity index (χ4n) is 5.40. The summed E-state index contributed by atoms with van der Waals surface area (Å²) in [4.78, 5) is 4.49. The maximum atomic E-state index is 4.49. The first-order valence-electron chi connectivity index (χ1n) is 12.0. The van der Waals surface area contributed by atoms with Crippen LogP contribution in [0.1, 0.15) is 16.8 Å². The Morgan fingerprint density at radius 2 is 1.43 bits per heavy atom. The number of aliphatic imine (C=N–C) groups is 1. The summed E-state index contributed by atoms with van der Waals surface area (Å²) in [5.74, 6) is 0. The molecule has 8 rings (SSSR count). The van der Waals surface area contributed by atoms with Crippen LogP contribution in [0, 0.1) is 0 Å². The van der Waals surface area contributed by atoms with E-state index < -0.39 is 0 Å². The molecule has 2 aliphatic heterocycles. The maximum Gasteiger partial charge on any atom is 0.0869 e. The first kappa shape index (κ1) is 19.8. The van der Waals surface area contributed by atoms with Crippen molar-refractivity contribution in [1.29, 1.82) is 0 Å². The molecule has 0 spiro atoms. The zero-order valence-electron chi connectivity index (χ0n) is 19.2. The van der Waals surface area contributed by atoms with Gasteiger partial charge in [-0.2, -0.15) is 0 Å². The van der Waals surface area contributed by atoms with Crippen LogP contribution in [-0.4, -0.2) is 15.3 Å². The minimum atomic E-state index is 0.852. The molecule has 0 amide bonds. The number of hydrogen-bond donors (Lipinski definition) is 0. The summed E-state index contributed by atoms with van der Waals surface area (Å²) in [6.45, 7) is 0.852. The molecule has 0 saturated heterocycles. The van der Waals surface area contributed by atoms with Crippen molar-refractivity contribution in [1.82, 2.24) is 9.13 Å². The highest BCUT2D eigenvalue weighted by Crippen LogP contribution is 2.36. The van der Waals surface area contributed by atoms with E-state index in [-0.39, 0.29) is 0 Å². The molecule has 0 saturated carbocycles. The van der Waals surface area contributed by atoms with Crippen molar-refractivity contribution in [3.05, 3.63) is 114 Å². The van der Waals surface area contributed by atoms with E-state index in [1.807, 2.05) is 6.21 Å². The molecule has 166 valence electrons. The Morgan fingerprint density at radius 3 is 2.40 bits per heavy atom. The van der Waals surface area contributed by atoms with Gasteiger partial charge in [-0.25, -0.2) is 0 Å². The molecule has 0 fully saturated rings. The van der Waals surface area contributed by atoms with Gasteiger partial charge in [0.25, 0.3) is 0 Å². The van der Waals surface area contributed by atoms with E-state index in [4.69, 9.17) is 0 Å². The predicted octanol–water partition coefficient (Wildman–Crippen LogP) is 8.25. The van der Waals surface area contributed by atoms with E-state index >= 15 is 0 Å². The van der Waals surface area contributed by atoms with Gasteiger partial charge in [-0.3, -0.25) is 4.99 Å². The van der Waals surface area contributed by atoms with Crippen molar-refractivity contribution in [3.63, 3.8) is 0 Å². The third-order valence-corrected chi connectivity index (χ3v) is 6.87. The van der Waals surface area contributed by atoms with Gasteiger partial charge >= 0.3 is 0 Å². The Kier molecular flexibility index (Phi) is 4.52. The lowest BCUT2D eigenvalue weighted by molar-refractivity contribution is 0.887. The number of para-hydroxylation sites is 3. The fraction of sp³-hybridized carbons (Fsp3) is 0.0312. The molecule has 3 aliphatic rings. The average Bonchev–Trinajstić information content (AvgIpc) is 3.25. The molecule has 3 heteroatoms. The second-order valence-corrected chi connectivity index (χ2v) is 8.83. The lowest BCUT2D eigenvalue weighted by Gasteiger charge is -2.11. The fourth-order valence-corrected chi connectivity index (χ4v) is 5.40. The van der Waals surface area contributed by atoms with Gasteiger partial charge in [0, 0.05) is 39.8 Å². The van der Waals surface area contributed by atoms with Crippen LogP contribution in [0.2, 0.25) is 0 Å². The van der Waals surface area contributed by atoms with Gasteiger partial charge in [0.05, 0.1) is 28.8 Å². The second-order valence-electron chi connectivity index (χ2n) is 8.83. The van der Waals surface area contributed by atoms with Gasteiger partial charge in [-0.15, -0.1) is 0 Å². The van der Waals surface area contributed by atoms with Crippen molar-refractivity contribution in [3.8, 4) is 0 Å². The van der Waals surface area contributed by atoms with Crippen LogP contribution in [0.3, 0.4) is 0 Å². The first-order chi connectivity index (χ1) is 17.4. The molecule has 0 radical (unpaired) electrons. The highest BCUT2D eigenvalue weighted by molar-refractivity contribution is 6.12. The molecule has 0 unspecified atom stereocenters. The number of benzene rings is 3. The van der Waals surface area contributed by atoms with Crippen molar-refractivity contribution >= 4 is 69.0 Å². The van der Waals surface area contributed by atoms with Crippen LogP contribution in [-0.2, 0) is 6.54 Å². The van der Waals surface area contributed by atoms with Crippen LogP contribution in [0.25, 0.3) is 57.1 Å². The van der Waals surface area contributed by atoms with Crippen molar-refractivity contribution in [2.45, 2.75) is 6.54 Å². The number of rotatable bonds is 0. The smallest absolute Gasteiger partial charge is 0.0869 e. The van der Waals surface area contributed by atoms with E-state index in [9.17, 15) is 0 Å². The molecule has 3 aromatic carbocycles. The highest BCUT2D eigenvalue weighted by atomic mass is 15.0. The van der Waals surface area contributed by atoms with E-state index in [2.05, 4.69) is 136 Å². The number of fused-ring (bicyclic) bond motifs is 6. The van der Waals surface area contributed by atoms with Crippen molar-refractivity contribution in [2.24, 2.45) is 4.99 Å². The van der Waals surface area contributed by atoms with Gasteiger partial charge < -0.3 is 9.13 Å². The minimum absolute atomic E-state index is 0.852. The van der Waals surface area contributed by atoms with E-state index in [1.165, 1.54) is 49.5 Å². The van der Waals surface area contributed by atoms with Crippen LogP contribution < -0.4 is 0 Å². The Bertz CT molecular complexity index is 1810. The van der Waals surface area contributed by atoms with E-state index in [0.29, 0.717) is 0 Å². The lowest BCUT2D eigenvalue weighted by Crippen LogP contribution is -2.04. The van der Waals surface area contributed by atoms with Gasteiger partial charge in [0.2, 0.25) is 0 Å². The van der Waals surface area contributed by atoms with Crippen LogP contribution in [0.15, 0.2) is 102 Å². The minimum Gasteiger partial charge on any atom is -0.333 e. The van der Waals surface area contributed by atoms with Crippen LogP contribution in [0.5, 0.6) is 0 Å². The Balaban J connectivity index is 0.000000120. The predicted molar refractivity (Wildman–Crippen MR) is 151 cm³/mol. The summed E-state index contributed by atoms with van der Waals surface area (Å²) in [5, 5.41) is 3.94. The molecule has 3 nitrogen and oxygen atoms in total. The quantitative estimate of drug-likeness (QED) is 0.227. The molecule has 1 aliphatic carbocycles. The zero-order chi connectivity index (χ0) is 23.2. The molecule has 0 N–H and O–H groups in total. The first-order valence-corrected chi connectivity index (χ1v) is 12.0. The monoisotopic (exact) mass is 449 g/mol. The summed E-state index contributed by atoms with van der Waals surface area (Å²) in [7, 11) is 0. The molecular formula is C32H23N3. The lowest BCUT2D eigenvalue weighted by atomic mass is 10.1. The summed E-state index contributed by atoms with van der Waals surface area (Å²) in [5.41, 5.74) is 8.74. The highest BCUT2D eigenvalue weighted by Gasteiger charge is 2.17. The number of aromatic nitrogens is 2. The normalized spacial score (nSPS) is 14.6. The molecule has 0 atom stereocenters. The number of hydrogen-bond acceptors (Lipinski definition) is 1. The molecule has 2 aromatic heterocycles. The van der Waals surface area contributed by atoms with Crippen LogP contribution >= 0.6 is 0 Å². The third kappa shape index (κ3) is 3.09. The summed E-state index contributed by atoms with van der Waals surface area (Å²) < 4.78 is 4.62. The third-order valence-electron chi connectivity index (χ3n) is 6.87. The standard InChI is InChI=1S/C16H12N2.C16H11N/c1-2-4-9-15-12(6-3-1)13-7-5-8-14-16(13)18(15)11-10-17-14;1-2-10-15-13(8-1)14-9-5-7-12-6-3-4-11-17(15)16(12)14/h1-10H,11H2;1-11H. The summed E-state index contributed by atoms with van der Waals surface area (Å²) in [6, 6.07) is 21.4. The van der Waals surface area contributed by atoms with Gasteiger partial charge in [-0.1, -0.05) is 91.1 Å². The molecule has 4 heterocycles. The van der Waals surface area contributed by atoms with Gasteiger partial charge in [0.1, 0.15) is 0 Å². The van der Waals surface area contributed by atoms with Gasteiger partial charge in [-0.05, 0) is 29.8 Å². The van der Waals surface area contributed by atoms with E-state index in [1.54, 1.807) is 0 Å². The second kappa shape index (κ2) is 8.00. The van der Waals surface area contributed by atoms with E-state index in [0.717, 1.165) is 12.2 Å².